The Hall–Kier alpha value is -2.04. The highest BCUT2D eigenvalue weighted by Gasteiger charge is 2.17. The Balaban J connectivity index is 2.59. The lowest BCUT2D eigenvalue weighted by Crippen LogP contribution is -2.40. The summed E-state index contributed by atoms with van der Waals surface area (Å²) in [6.45, 7) is 4.37. The van der Waals surface area contributed by atoms with Crippen molar-refractivity contribution in [3.05, 3.63) is 29.8 Å². The predicted octanol–water partition coefficient (Wildman–Crippen LogP) is 2.00. The van der Waals surface area contributed by atoms with E-state index in [0.29, 0.717) is 13.0 Å². The summed E-state index contributed by atoms with van der Waals surface area (Å²) >= 11 is 0. The Labute approximate surface area is 118 Å². The normalized spacial score (nSPS) is 11.7. The van der Waals surface area contributed by atoms with Crippen LogP contribution in [0.25, 0.3) is 0 Å². The van der Waals surface area contributed by atoms with Gasteiger partial charge in [0.05, 0.1) is 13.0 Å². The second-order valence-electron chi connectivity index (χ2n) is 4.54. The standard InChI is InChI=1S/C15H21NO4/c1-3-8-20-12-7-5-6-11(9-12)10-14(17)16-13(4-2)15(18)19/h5-7,9,13H,3-4,8,10H2,1-2H3,(H,16,17)(H,18,19). The zero-order valence-corrected chi connectivity index (χ0v) is 11.9. The van der Waals surface area contributed by atoms with E-state index in [1.807, 2.05) is 25.1 Å². The average molecular weight is 279 g/mol. The predicted molar refractivity (Wildman–Crippen MR) is 75.8 cm³/mol. The molecule has 0 bridgehead atoms. The van der Waals surface area contributed by atoms with Crippen LogP contribution in [0.4, 0.5) is 0 Å². The fourth-order valence-corrected chi connectivity index (χ4v) is 1.73. The second kappa shape index (κ2) is 8.19. The molecule has 1 aromatic carbocycles. The molecule has 0 aromatic heterocycles. The molecule has 1 unspecified atom stereocenters. The SMILES string of the molecule is CCCOc1cccc(CC(=O)NC(CC)C(=O)O)c1. The molecule has 0 radical (unpaired) electrons. The number of hydrogen-bond donors (Lipinski definition) is 2. The van der Waals surface area contributed by atoms with Crippen molar-refractivity contribution in [2.75, 3.05) is 6.61 Å². The maximum atomic E-state index is 11.8. The first-order chi connectivity index (χ1) is 9.56. The van der Waals surface area contributed by atoms with Gasteiger partial charge in [-0.15, -0.1) is 0 Å². The lowest BCUT2D eigenvalue weighted by Gasteiger charge is -2.12. The van der Waals surface area contributed by atoms with E-state index in [1.165, 1.54) is 0 Å². The Kier molecular flexibility index (Phi) is 6.56. The summed E-state index contributed by atoms with van der Waals surface area (Å²) in [6, 6.07) is 6.45. The van der Waals surface area contributed by atoms with Crippen LogP contribution in [0.5, 0.6) is 5.75 Å². The largest absolute Gasteiger partial charge is 0.494 e. The minimum Gasteiger partial charge on any atom is -0.494 e. The Morgan fingerprint density at radius 2 is 2.10 bits per heavy atom. The van der Waals surface area contributed by atoms with Crippen molar-refractivity contribution in [1.29, 1.82) is 0 Å². The van der Waals surface area contributed by atoms with Gasteiger partial charge in [0.2, 0.25) is 5.91 Å². The maximum absolute atomic E-state index is 11.8. The molecule has 1 amide bonds. The molecule has 0 heterocycles. The summed E-state index contributed by atoms with van der Waals surface area (Å²) in [5.74, 6) is -0.588. The van der Waals surface area contributed by atoms with Gasteiger partial charge in [-0.3, -0.25) is 4.79 Å². The average Bonchev–Trinajstić information content (AvgIpc) is 2.42. The number of ether oxygens (including phenoxy) is 1. The third kappa shape index (κ3) is 5.30. The summed E-state index contributed by atoms with van der Waals surface area (Å²) in [6.07, 6.45) is 1.43. The van der Waals surface area contributed by atoms with Crippen molar-refractivity contribution >= 4 is 11.9 Å². The fraction of sp³-hybridized carbons (Fsp3) is 0.467. The van der Waals surface area contributed by atoms with Gasteiger partial charge in [-0.1, -0.05) is 26.0 Å². The number of rotatable bonds is 8. The van der Waals surface area contributed by atoms with E-state index in [-0.39, 0.29) is 12.3 Å². The molecule has 0 aliphatic carbocycles. The van der Waals surface area contributed by atoms with E-state index in [4.69, 9.17) is 9.84 Å². The van der Waals surface area contributed by atoms with Gasteiger partial charge in [-0.2, -0.15) is 0 Å². The minimum atomic E-state index is -1.01. The van der Waals surface area contributed by atoms with Crippen LogP contribution >= 0.6 is 0 Å². The van der Waals surface area contributed by atoms with Crippen LogP contribution < -0.4 is 10.1 Å². The van der Waals surface area contributed by atoms with Crippen LogP contribution in [0.1, 0.15) is 32.3 Å². The van der Waals surface area contributed by atoms with Crippen LogP contribution in [0, 0.1) is 0 Å². The highest BCUT2D eigenvalue weighted by molar-refractivity contribution is 5.84. The molecule has 2 N–H and O–H groups in total. The summed E-state index contributed by atoms with van der Waals surface area (Å²) in [4.78, 5) is 22.7. The van der Waals surface area contributed by atoms with Crippen molar-refractivity contribution in [2.45, 2.75) is 39.2 Å². The number of carbonyl (C=O) groups is 2. The quantitative estimate of drug-likeness (QED) is 0.763. The second-order valence-corrected chi connectivity index (χ2v) is 4.54. The monoisotopic (exact) mass is 279 g/mol. The van der Waals surface area contributed by atoms with Gasteiger partial charge in [0.1, 0.15) is 11.8 Å². The first-order valence-corrected chi connectivity index (χ1v) is 6.80. The first kappa shape index (κ1) is 16.0. The van der Waals surface area contributed by atoms with Crippen LogP contribution in [-0.2, 0) is 16.0 Å². The number of hydrogen-bond acceptors (Lipinski definition) is 3. The third-order valence-electron chi connectivity index (χ3n) is 2.78. The molecule has 0 saturated carbocycles. The van der Waals surface area contributed by atoms with Crippen molar-refractivity contribution in [3.63, 3.8) is 0 Å². The van der Waals surface area contributed by atoms with Crippen LogP contribution in [-0.4, -0.2) is 29.6 Å². The Morgan fingerprint density at radius 1 is 1.35 bits per heavy atom. The summed E-state index contributed by atoms with van der Waals surface area (Å²) in [7, 11) is 0. The lowest BCUT2D eigenvalue weighted by atomic mass is 10.1. The molecule has 0 aliphatic rings. The highest BCUT2D eigenvalue weighted by Crippen LogP contribution is 2.14. The first-order valence-electron chi connectivity index (χ1n) is 6.80. The van der Waals surface area contributed by atoms with E-state index < -0.39 is 12.0 Å². The Morgan fingerprint density at radius 3 is 2.70 bits per heavy atom. The molecular formula is C15H21NO4. The molecular weight excluding hydrogens is 258 g/mol. The van der Waals surface area contributed by atoms with Gasteiger partial charge in [0.25, 0.3) is 0 Å². The van der Waals surface area contributed by atoms with E-state index in [9.17, 15) is 9.59 Å². The molecule has 0 aliphatic heterocycles. The molecule has 0 spiro atoms. The number of carbonyl (C=O) groups excluding carboxylic acids is 1. The van der Waals surface area contributed by atoms with Crippen molar-refractivity contribution in [3.8, 4) is 5.75 Å². The molecule has 1 aromatic rings. The number of benzene rings is 1. The van der Waals surface area contributed by atoms with Crippen molar-refractivity contribution in [2.24, 2.45) is 0 Å². The third-order valence-corrected chi connectivity index (χ3v) is 2.78. The summed E-state index contributed by atoms with van der Waals surface area (Å²) in [5.41, 5.74) is 0.802. The smallest absolute Gasteiger partial charge is 0.326 e. The summed E-state index contributed by atoms with van der Waals surface area (Å²) < 4.78 is 5.49. The lowest BCUT2D eigenvalue weighted by molar-refractivity contribution is -0.141. The van der Waals surface area contributed by atoms with Gasteiger partial charge in [0, 0.05) is 0 Å². The zero-order valence-electron chi connectivity index (χ0n) is 11.9. The molecule has 1 rings (SSSR count). The van der Waals surface area contributed by atoms with Crippen molar-refractivity contribution in [1.82, 2.24) is 5.32 Å². The fourth-order valence-electron chi connectivity index (χ4n) is 1.73. The van der Waals surface area contributed by atoms with E-state index in [0.717, 1.165) is 17.7 Å². The summed E-state index contributed by atoms with van der Waals surface area (Å²) in [5, 5.41) is 11.4. The van der Waals surface area contributed by atoms with Crippen LogP contribution in [0.15, 0.2) is 24.3 Å². The number of amides is 1. The molecule has 0 fully saturated rings. The van der Waals surface area contributed by atoms with Gasteiger partial charge >= 0.3 is 5.97 Å². The molecule has 1 atom stereocenters. The number of carboxylic acid groups (broad SMARTS) is 1. The molecule has 5 heteroatoms. The van der Waals surface area contributed by atoms with E-state index >= 15 is 0 Å². The van der Waals surface area contributed by atoms with Gasteiger partial charge < -0.3 is 15.2 Å². The van der Waals surface area contributed by atoms with Crippen LogP contribution in [0.2, 0.25) is 0 Å². The maximum Gasteiger partial charge on any atom is 0.326 e. The Bertz CT molecular complexity index is 459. The highest BCUT2D eigenvalue weighted by atomic mass is 16.5. The minimum absolute atomic E-state index is 0.146. The van der Waals surface area contributed by atoms with Gasteiger partial charge in [-0.25, -0.2) is 4.79 Å². The van der Waals surface area contributed by atoms with Gasteiger partial charge in [-0.05, 0) is 30.5 Å². The van der Waals surface area contributed by atoms with Gasteiger partial charge in [0.15, 0.2) is 0 Å². The number of carboxylic acids is 1. The molecule has 0 saturated heterocycles. The van der Waals surface area contributed by atoms with Crippen LogP contribution in [0.3, 0.4) is 0 Å². The molecule has 20 heavy (non-hydrogen) atoms. The van der Waals surface area contributed by atoms with Crippen molar-refractivity contribution < 1.29 is 19.4 Å². The van der Waals surface area contributed by atoms with E-state index in [1.54, 1.807) is 13.0 Å². The topological polar surface area (TPSA) is 75.6 Å². The molecule has 5 nitrogen and oxygen atoms in total. The molecule has 110 valence electrons. The zero-order chi connectivity index (χ0) is 15.0. The number of nitrogens with one attached hydrogen (secondary N) is 1. The van der Waals surface area contributed by atoms with E-state index in [2.05, 4.69) is 5.32 Å². The number of aliphatic carboxylic acids is 1.